The van der Waals surface area contributed by atoms with E-state index in [0.717, 1.165) is 12.8 Å². The van der Waals surface area contributed by atoms with Crippen molar-refractivity contribution in [2.75, 3.05) is 19.3 Å². The molecule has 0 rings (SSSR count). The normalized spacial score (nSPS) is 15.6. The van der Waals surface area contributed by atoms with Crippen LogP contribution in [-0.4, -0.2) is 34.7 Å². The second-order valence-electron chi connectivity index (χ2n) is 4.21. The molecule has 0 saturated heterocycles. The van der Waals surface area contributed by atoms with E-state index in [9.17, 15) is 9.00 Å². The summed E-state index contributed by atoms with van der Waals surface area (Å²) in [7, 11) is -0.905. The second kappa shape index (κ2) is 7.01. The lowest BCUT2D eigenvalue weighted by molar-refractivity contribution is -0.131. The monoisotopic (exact) mass is 248 g/mol. The summed E-state index contributed by atoms with van der Waals surface area (Å²) in [5.74, 6) is -0.0164. The van der Waals surface area contributed by atoms with Crippen LogP contribution in [0.1, 0.15) is 33.6 Å². The first-order valence-corrected chi connectivity index (χ1v) is 7.36. The predicted octanol–water partition coefficient (Wildman–Crippen LogP) is 0.635. The summed E-state index contributed by atoms with van der Waals surface area (Å²) in [5.41, 5.74) is 5.21. The van der Waals surface area contributed by atoms with Gasteiger partial charge in [0, 0.05) is 35.4 Å². The Bertz CT molecular complexity index is 244. The van der Waals surface area contributed by atoms with Gasteiger partial charge in [-0.05, 0) is 19.8 Å². The summed E-state index contributed by atoms with van der Waals surface area (Å²) >= 11 is 0. The van der Waals surface area contributed by atoms with E-state index in [1.165, 1.54) is 0 Å². The molecule has 3 N–H and O–H groups in total. The Morgan fingerprint density at radius 2 is 1.94 bits per heavy atom. The van der Waals surface area contributed by atoms with Gasteiger partial charge in [-0.1, -0.05) is 13.8 Å². The van der Waals surface area contributed by atoms with E-state index in [0.29, 0.717) is 13.1 Å². The van der Waals surface area contributed by atoms with E-state index in [1.54, 1.807) is 6.26 Å². The number of carbonyl (C=O) groups excluding carboxylic acids is 1. The van der Waals surface area contributed by atoms with Crippen LogP contribution >= 0.6 is 0 Å². The van der Waals surface area contributed by atoms with Crippen LogP contribution in [0.15, 0.2) is 0 Å². The molecule has 0 saturated carbocycles. The number of nitrogens with two attached hydrogens (primary N) is 1. The molecule has 4 nitrogen and oxygen atoms in total. The third-order valence-electron chi connectivity index (χ3n) is 3.34. The van der Waals surface area contributed by atoms with Gasteiger partial charge < -0.3 is 11.1 Å². The highest BCUT2D eigenvalue weighted by Crippen LogP contribution is 2.24. The quantitative estimate of drug-likeness (QED) is 0.694. The van der Waals surface area contributed by atoms with E-state index < -0.39 is 16.2 Å². The first kappa shape index (κ1) is 15.6. The first-order chi connectivity index (χ1) is 7.43. The molecule has 2 unspecified atom stereocenters. The van der Waals surface area contributed by atoms with Gasteiger partial charge in [-0.2, -0.15) is 0 Å². The maximum atomic E-state index is 12.0. The van der Waals surface area contributed by atoms with Crippen molar-refractivity contribution in [3.05, 3.63) is 0 Å². The van der Waals surface area contributed by atoms with Crippen molar-refractivity contribution in [2.24, 2.45) is 11.1 Å². The molecule has 0 spiro atoms. The summed E-state index contributed by atoms with van der Waals surface area (Å²) in [5, 5.41) is 2.83. The molecule has 0 fully saturated rings. The SMILES string of the molecule is CCC(CC)(CN)C(=O)NCC(C)S(C)=O. The number of hydrogen-bond donors (Lipinski definition) is 2. The number of carbonyl (C=O) groups is 1. The van der Waals surface area contributed by atoms with Gasteiger partial charge in [-0.15, -0.1) is 0 Å². The van der Waals surface area contributed by atoms with Crippen LogP contribution in [0, 0.1) is 5.41 Å². The first-order valence-electron chi connectivity index (χ1n) is 5.74. The van der Waals surface area contributed by atoms with Crippen molar-refractivity contribution in [1.29, 1.82) is 0 Å². The number of nitrogens with one attached hydrogen (secondary N) is 1. The molecule has 0 heterocycles. The van der Waals surface area contributed by atoms with E-state index in [-0.39, 0.29) is 11.2 Å². The van der Waals surface area contributed by atoms with E-state index in [2.05, 4.69) is 5.32 Å². The van der Waals surface area contributed by atoms with Crippen molar-refractivity contribution in [1.82, 2.24) is 5.32 Å². The Hall–Kier alpha value is -0.420. The Morgan fingerprint density at radius 3 is 2.25 bits per heavy atom. The lowest BCUT2D eigenvalue weighted by atomic mass is 9.81. The van der Waals surface area contributed by atoms with Crippen LogP contribution in [0.25, 0.3) is 0 Å². The summed E-state index contributed by atoms with van der Waals surface area (Å²) in [6.07, 6.45) is 3.11. The highest BCUT2D eigenvalue weighted by atomic mass is 32.2. The second-order valence-corrected chi connectivity index (χ2v) is 6.01. The van der Waals surface area contributed by atoms with Gasteiger partial charge in [0.05, 0.1) is 5.41 Å². The van der Waals surface area contributed by atoms with Gasteiger partial charge in [-0.3, -0.25) is 9.00 Å². The Labute approximate surface area is 101 Å². The van der Waals surface area contributed by atoms with E-state index in [1.807, 2.05) is 20.8 Å². The van der Waals surface area contributed by atoms with Gasteiger partial charge in [0.25, 0.3) is 0 Å². The fourth-order valence-electron chi connectivity index (χ4n) is 1.49. The summed E-state index contributed by atoms with van der Waals surface area (Å²) < 4.78 is 11.1. The minimum absolute atomic E-state index is 0.0164. The average molecular weight is 248 g/mol. The number of amides is 1. The Morgan fingerprint density at radius 1 is 1.44 bits per heavy atom. The maximum Gasteiger partial charge on any atom is 0.227 e. The predicted molar refractivity (Wildman–Crippen MR) is 68.6 cm³/mol. The van der Waals surface area contributed by atoms with Crippen molar-refractivity contribution in [3.8, 4) is 0 Å². The number of rotatable bonds is 7. The van der Waals surface area contributed by atoms with Crippen LogP contribution in [0.2, 0.25) is 0 Å². The third kappa shape index (κ3) is 3.87. The molecule has 0 radical (unpaired) electrons. The molecule has 5 heteroatoms. The van der Waals surface area contributed by atoms with Crippen molar-refractivity contribution >= 4 is 16.7 Å². The molecular weight excluding hydrogens is 224 g/mol. The Kier molecular flexibility index (Phi) is 6.83. The molecule has 0 bridgehead atoms. The van der Waals surface area contributed by atoms with Crippen LogP contribution < -0.4 is 11.1 Å². The largest absolute Gasteiger partial charge is 0.354 e. The number of hydrogen-bond acceptors (Lipinski definition) is 3. The van der Waals surface area contributed by atoms with Crippen LogP contribution in [0.4, 0.5) is 0 Å². The molecule has 0 aromatic carbocycles. The molecule has 0 aromatic heterocycles. The highest BCUT2D eigenvalue weighted by Gasteiger charge is 2.33. The highest BCUT2D eigenvalue weighted by molar-refractivity contribution is 7.84. The van der Waals surface area contributed by atoms with Crippen molar-refractivity contribution in [2.45, 2.75) is 38.9 Å². The fourth-order valence-corrected chi connectivity index (χ4v) is 1.81. The smallest absolute Gasteiger partial charge is 0.227 e. The Balaban J connectivity index is 4.38. The lowest BCUT2D eigenvalue weighted by Crippen LogP contribution is -2.47. The topological polar surface area (TPSA) is 72.2 Å². The zero-order valence-corrected chi connectivity index (χ0v) is 11.5. The molecule has 0 aromatic rings. The van der Waals surface area contributed by atoms with Crippen LogP contribution in [0.3, 0.4) is 0 Å². The van der Waals surface area contributed by atoms with Crippen LogP contribution in [-0.2, 0) is 15.6 Å². The lowest BCUT2D eigenvalue weighted by Gasteiger charge is -2.29. The summed E-state index contributed by atoms with van der Waals surface area (Å²) in [6.45, 7) is 6.60. The molecule has 0 aliphatic rings. The zero-order chi connectivity index (χ0) is 12.8. The molecule has 2 atom stereocenters. The van der Waals surface area contributed by atoms with E-state index >= 15 is 0 Å². The molecule has 0 aliphatic heterocycles. The summed E-state index contributed by atoms with van der Waals surface area (Å²) in [4.78, 5) is 12.0. The van der Waals surface area contributed by atoms with Gasteiger partial charge in [0.1, 0.15) is 0 Å². The van der Waals surface area contributed by atoms with Gasteiger partial charge >= 0.3 is 0 Å². The summed E-state index contributed by atoms with van der Waals surface area (Å²) in [6, 6.07) is 0. The minimum atomic E-state index is -0.905. The molecule has 0 aliphatic carbocycles. The standard InChI is InChI=1S/C11H24N2O2S/c1-5-11(6-2,8-12)10(14)13-7-9(3)16(4)15/h9H,5-8,12H2,1-4H3,(H,13,14). The van der Waals surface area contributed by atoms with E-state index in [4.69, 9.17) is 5.73 Å². The van der Waals surface area contributed by atoms with Gasteiger partial charge in [0.2, 0.25) is 5.91 Å². The fraction of sp³-hybridized carbons (Fsp3) is 0.909. The maximum absolute atomic E-state index is 12.0. The van der Waals surface area contributed by atoms with Gasteiger partial charge in [0.15, 0.2) is 0 Å². The van der Waals surface area contributed by atoms with Crippen molar-refractivity contribution in [3.63, 3.8) is 0 Å². The third-order valence-corrected chi connectivity index (χ3v) is 4.64. The van der Waals surface area contributed by atoms with Crippen molar-refractivity contribution < 1.29 is 9.00 Å². The molecular formula is C11H24N2O2S. The zero-order valence-electron chi connectivity index (χ0n) is 10.7. The van der Waals surface area contributed by atoms with Crippen LogP contribution in [0.5, 0.6) is 0 Å². The molecule has 1 amide bonds. The van der Waals surface area contributed by atoms with Gasteiger partial charge in [-0.25, -0.2) is 0 Å². The molecule has 96 valence electrons. The average Bonchev–Trinajstić information content (AvgIpc) is 2.28. The molecule has 16 heavy (non-hydrogen) atoms. The minimum Gasteiger partial charge on any atom is -0.354 e.